The number of carbonyl (C=O) groups excluding carboxylic acids is 2. The number of rotatable bonds is 17. The molecule has 2 saturated carbocycles. The van der Waals surface area contributed by atoms with E-state index in [0.717, 1.165) is 70.2 Å². The van der Waals surface area contributed by atoms with Crippen molar-refractivity contribution in [3.05, 3.63) is 106 Å². The lowest BCUT2D eigenvalue weighted by Gasteiger charge is -2.19. The number of carboxylic acid groups (broad SMARTS) is 2. The van der Waals surface area contributed by atoms with E-state index in [-0.39, 0.29) is 23.7 Å². The average molecular weight is 761 g/mol. The van der Waals surface area contributed by atoms with E-state index in [9.17, 15) is 29.4 Å². The fourth-order valence-electron chi connectivity index (χ4n) is 7.25. The maximum atomic E-state index is 13.6. The quantitative estimate of drug-likeness (QED) is 0.0634. The molecular formula is C44H52N6O6. The van der Waals surface area contributed by atoms with Gasteiger partial charge in [0.05, 0.1) is 0 Å². The molecular weight excluding hydrogens is 709 g/mol. The molecule has 2 aromatic heterocycles. The minimum atomic E-state index is -0.895. The van der Waals surface area contributed by atoms with Gasteiger partial charge in [0.25, 0.3) is 11.8 Å². The number of hydrogen-bond acceptors (Lipinski definition) is 8. The predicted octanol–water partition coefficient (Wildman–Crippen LogP) is 7.42. The van der Waals surface area contributed by atoms with Gasteiger partial charge in [-0.1, -0.05) is 52.0 Å². The van der Waals surface area contributed by atoms with Gasteiger partial charge in [-0.3, -0.25) is 29.1 Å². The van der Waals surface area contributed by atoms with E-state index in [4.69, 9.17) is 0 Å². The normalized spacial score (nSPS) is 15.1. The van der Waals surface area contributed by atoms with Gasteiger partial charge in [0.2, 0.25) is 0 Å². The van der Waals surface area contributed by atoms with Crippen LogP contribution in [0.2, 0.25) is 0 Å². The van der Waals surface area contributed by atoms with Crippen LogP contribution in [0.5, 0.6) is 0 Å². The topological polar surface area (TPSA) is 183 Å². The molecule has 2 heterocycles. The molecule has 4 aromatic rings. The van der Waals surface area contributed by atoms with Crippen molar-refractivity contribution in [1.29, 1.82) is 0 Å². The molecule has 0 saturated heterocycles. The third-order valence-electron chi connectivity index (χ3n) is 10.9. The number of benzene rings is 2. The SMILES string of the molecule is Cc1c(NC(=O)c2cc(C3CC3)c(CN[C@H](C(=O)O)C(C)C)cn2)cccc1-c1cccc(NC(=O)c2cc(C3CC3)c(CN[C@H](C(=O)O)C(C)C)cn2)c1C. The third kappa shape index (κ3) is 9.31. The number of nitrogens with one attached hydrogen (secondary N) is 4. The van der Waals surface area contributed by atoms with Crippen LogP contribution in [-0.4, -0.2) is 56.0 Å². The van der Waals surface area contributed by atoms with E-state index in [0.29, 0.717) is 47.7 Å². The number of carboxylic acids is 2. The highest BCUT2D eigenvalue weighted by atomic mass is 16.4. The van der Waals surface area contributed by atoms with Crippen LogP contribution in [0.3, 0.4) is 0 Å². The Morgan fingerprint density at radius 3 is 1.34 bits per heavy atom. The van der Waals surface area contributed by atoms with Crippen LogP contribution in [-0.2, 0) is 22.7 Å². The van der Waals surface area contributed by atoms with Gasteiger partial charge >= 0.3 is 11.9 Å². The Hall–Kier alpha value is -5.46. The van der Waals surface area contributed by atoms with Crippen molar-refractivity contribution in [1.82, 2.24) is 20.6 Å². The van der Waals surface area contributed by atoms with E-state index in [1.807, 2.05) is 90.1 Å². The summed E-state index contributed by atoms with van der Waals surface area (Å²) in [4.78, 5) is 59.6. The summed E-state index contributed by atoms with van der Waals surface area (Å²) in [6.45, 7) is 12.1. The third-order valence-corrected chi connectivity index (χ3v) is 10.9. The summed E-state index contributed by atoms with van der Waals surface area (Å²) >= 11 is 0. The molecule has 12 nitrogen and oxygen atoms in total. The highest BCUT2D eigenvalue weighted by Crippen LogP contribution is 2.43. The summed E-state index contributed by atoms with van der Waals surface area (Å²) in [7, 11) is 0. The van der Waals surface area contributed by atoms with Crippen LogP contribution in [0, 0.1) is 25.7 Å². The zero-order chi connectivity index (χ0) is 40.3. The van der Waals surface area contributed by atoms with E-state index in [2.05, 4.69) is 31.2 Å². The molecule has 12 heteroatoms. The number of hydrogen-bond donors (Lipinski definition) is 6. The first-order chi connectivity index (χ1) is 26.7. The van der Waals surface area contributed by atoms with Gasteiger partial charge in [0.15, 0.2) is 0 Å². The van der Waals surface area contributed by atoms with E-state index in [1.165, 1.54) is 0 Å². The highest BCUT2D eigenvalue weighted by molar-refractivity contribution is 6.05. The van der Waals surface area contributed by atoms with Crippen molar-refractivity contribution in [2.24, 2.45) is 11.8 Å². The van der Waals surface area contributed by atoms with Crippen LogP contribution >= 0.6 is 0 Å². The number of anilines is 2. The summed E-state index contributed by atoms with van der Waals surface area (Å²) in [5, 5.41) is 31.6. The fraction of sp³-hybridized carbons (Fsp3) is 0.409. The molecule has 2 amide bonds. The van der Waals surface area contributed by atoms with E-state index >= 15 is 0 Å². The van der Waals surface area contributed by atoms with Gasteiger partial charge in [-0.15, -0.1) is 0 Å². The Labute approximate surface area is 327 Å². The van der Waals surface area contributed by atoms with Crippen molar-refractivity contribution in [3.63, 3.8) is 0 Å². The van der Waals surface area contributed by atoms with Gasteiger partial charge in [0, 0.05) is 36.9 Å². The van der Waals surface area contributed by atoms with Gasteiger partial charge in [0.1, 0.15) is 23.5 Å². The summed E-state index contributed by atoms with van der Waals surface area (Å²) in [5.41, 5.74) is 9.21. The largest absolute Gasteiger partial charge is 0.480 e. The first-order valence-corrected chi connectivity index (χ1v) is 19.5. The van der Waals surface area contributed by atoms with Crippen molar-refractivity contribution < 1.29 is 29.4 Å². The lowest BCUT2D eigenvalue weighted by molar-refractivity contribution is -0.141. The Kier molecular flexibility index (Phi) is 12.3. The number of nitrogens with zero attached hydrogens (tertiary/aromatic N) is 2. The molecule has 0 radical (unpaired) electrons. The van der Waals surface area contributed by atoms with E-state index < -0.39 is 24.0 Å². The summed E-state index contributed by atoms with van der Waals surface area (Å²) in [6, 6.07) is 13.7. The molecule has 294 valence electrons. The Bertz CT molecular complexity index is 1990. The zero-order valence-corrected chi connectivity index (χ0v) is 32.9. The van der Waals surface area contributed by atoms with Gasteiger partial charge < -0.3 is 31.5 Å². The number of aromatic nitrogens is 2. The summed E-state index contributed by atoms with van der Waals surface area (Å²) in [6.07, 6.45) is 7.42. The lowest BCUT2D eigenvalue weighted by atomic mass is 9.94. The summed E-state index contributed by atoms with van der Waals surface area (Å²) in [5.74, 6) is -1.98. The van der Waals surface area contributed by atoms with Gasteiger partial charge in [-0.05, 0) is 132 Å². The van der Waals surface area contributed by atoms with E-state index in [1.54, 1.807) is 12.4 Å². The molecule has 0 unspecified atom stereocenters. The Morgan fingerprint density at radius 1 is 0.643 bits per heavy atom. The second-order valence-corrected chi connectivity index (χ2v) is 15.8. The highest BCUT2D eigenvalue weighted by Gasteiger charge is 2.30. The molecule has 0 bridgehead atoms. The maximum absolute atomic E-state index is 13.6. The first-order valence-electron chi connectivity index (χ1n) is 19.5. The van der Waals surface area contributed by atoms with Crippen LogP contribution in [0.15, 0.2) is 60.9 Å². The number of amides is 2. The number of aliphatic carboxylic acids is 2. The van der Waals surface area contributed by atoms with Crippen molar-refractivity contribution in [2.75, 3.05) is 10.6 Å². The monoisotopic (exact) mass is 760 g/mol. The Balaban J connectivity index is 1.17. The maximum Gasteiger partial charge on any atom is 0.320 e. The standard InChI is InChI=1S/C44H52N6O6/c1-23(2)39(43(53)54)47-21-29-19-45-37(17-33(29)27-13-14-27)41(51)49-35-11-7-9-31(25(35)5)32-10-8-12-36(26(32)6)50-42(52)38-18-34(28-15-16-28)30(20-46-38)22-48-40(24(3)4)44(55)56/h7-12,17-20,23-24,27-28,39-40,47-48H,13-16,21-22H2,1-6H3,(H,49,51)(H,50,52)(H,53,54)(H,55,56)/t39-,40-/m0/s1. The fourth-order valence-corrected chi connectivity index (χ4v) is 7.25. The molecule has 2 atom stereocenters. The zero-order valence-electron chi connectivity index (χ0n) is 32.9. The molecule has 56 heavy (non-hydrogen) atoms. The smallest absolute Gasteiger partial charge is 0.320 e. The minimum absolute atomic E-state index is 0.0824. The molecule has 2 aliphatic carbocycles. The van der Waals surface area contributed by atoms with Crippen LogP contribution in [0.4, 0.5) is 11.4 Å². The van der Waals surface area contributed by atoms with Crippen LogP contribution in [0.1, 0.15) is 120 Å². The number of carbonyl (C=O) groups is 4. The summed E-state index contributed by atoms with van der Waals surface area (Å²) < 4.78 is 0. The van der Waals surface area contributed by atoms with Crippen molar-refractivity contribution >= 4 is 35.1 Å². The van der Waals surface area contributed by atoms with Crippen molar-refractivity contribution in [3.8, 4) is 11.1 Å². The van der Waals surface area contributed by atoms with Gasteiger partial charge in [-0.25, -0.2) is 0 Å². The Morgan fingerprint density at radius 2 is 1.02 bits per heavy atom. The molecule has 2 aromatic carbocycles. The second-order valence-electron chi connectivity index (χ2n) is 15.8. The lowest BCUT2D eigenvalue weighted by Crippen LogP contribution is -2.40. The molecule has 2 fully saturated rings. The minimum Gasteiger partial charge on any atom is -0.480 e. The van der Waals surface area contributed by atoms with Gasteiger partial charge in [-0.2, -0.15) is 0 Å². The van der Waals surface area contributed by atoms with Crippen LogP contribution < -0.4 is 21.3 Å². The molecule has 0 spiro atoms. The average Bonchev–Trinajstić information content (AvgIpc) is 4.08. The molecule has 0 aliphatic heterocycles. The molecule has 2 aliphatic rings. The van der Waals surface area contributed by atoms with Crippen LogP contribution in [0.25, 0.3) is 11.1 Å². The molecule has 6 N–H and O–H groups in total. The second kappa shape index (κ2) is 17.1. The predicted molar refractivity (Wildman–Crippen MR) is 216 cm³/mol. The number of pyridine rings is 2. The molecule has 6 rings (SSSR count). The first kappa shape index (κ1) is 40.2. The van der Waals surface area contributed by atoms with Crippen molar-refractivity contribution in [2.45, 2.75) is 104 Å².